The molecule has 0 radical (unpaired) electrons. The topological polar surface area (TPSA) is 87.9 Å². The zero-order chi connectivity index (χ0) is 19.1. The molecule has 6 nitrogen and oxygen atoms in total. The highest BCUT2D eigenvalue weighted by Crippen LogP contribution is 2.09. The van der Waals surface area contributed by atoms with Gasteiger partial charge in [-0.2, -0.15) is 5.26 Å². The SMILES string of the molecule is N#Cc1c(CCc2ccccc2)n(COCc2ccccc2)c(=O)[nH]c1=O. The maximum absolute atomic E-state index is 12.3. The summed E-state index contributed by atoms with van der Waals surface area (Å²) < 4.78 is 6.98. The zero-order valence-electron chi connectivity index (χ0n) is 14.7. The summed E-state index contributed by atoms with van der Waals surface area (Å²) in [5.41, 5.74) is 1.14. The molecule has 0 unspecified atom stereocenters. The number of ether oxygens (including phenoxy) is 1. The number of aryl methyl sites for hydroxylation is 1. The Morgan fingerprint density at radius 1 is 0.926 bits per heavy atom. The van der Waals surface area contributed by atoms with Crippen molar-refractivity contribution in [2.75, 3.05) is 0 Å². The lowest BCUT2D eigenvalue weighted by Gasteiger charge is -2.14. The van der Waals surface area contributed by atoms with Gasteiger partial charge in [-0.25, -0.2) is 4.79 Å². The molecule has 0 bridgehead atoms. The van der Waals surface area contributed by atoms with Gasteiger partial charge in [-0.1, -0.05) is 60.7 Å². The van der Waals surface area contributed by atoms with Crippen LogP contribution in [-0.4, -0.2) is 9.55 Å². The van der Waals surface area contributed by atoms with Crippen LogP contribution in [0.5, 0.6) is 0 Å². The van der Waals surface area contributed by atoms with Gasteiger partial charge in [-0.05, 0) is 24.0 Å². The summed E-state index contributed by atoms with van der Waals surface area (Å²) in [5.74, 6) is 0. The molecule has 0 aliphatic carbocycles. The minimum atomic E-state index is -0.662. The molecule has 136 valence electrons. The van der Waals surface area contributed by atoms with Gasteiger partial charge >= 0.3 is 5.69 Å². The fraction of sp³-hybridized carbons (Fsp3) is 0.190. The monoisotopic (exact) mass is 361 g/mol. The van der Waals surface area contributed by atoms with E-state index in [1.54, 1.807) is 0 Å². The van der Waals surface area contributed by atoms with Crippen molar-refractivity contribution in [2.24, 2.45) is 0 Å². The molecule has 0 amide bonds. The normalized spacial score (nSPS) is 10.5. The van der Waals surface area contributed by atoms with Crippen LogP contribution >= 0.6 is 0 Å². The summed E-state index contributed by atoms with van der Waals surface area (Å²) >= 11 is 0. The Kier molecular flexibility index (Phi) is 5.98. The molecular weight excluding hydrogens is 342 g/mol. The summed E-state index contributed by atoms with van der Waals surface area (Å²) in [7, 11) is 0. The highest BCUT2D eigenvalue weighted by Gasteiger charge is 2.15. The van der Waals surface area contributed by atoms with Gasteiger partial charge in [-0.15, -0.1) is 0 Å². The standard InChI is InChI=1S/C21H19N3O3/c22-13-18-19(12-11-16-7-3-1-4-8-16)24(21(26)23-20(18)25)15-27-14-17-9-5-2-6-10-17/h1-10H,11-12,14-15H2,(H,23,25,26). The van der Waals surface area contributed by atoms with Crippen molar-refractivity contribution in [1.82, 2.24) is 9.55 Å². The molecule has 3 aromatic rings. The Hall–Kier alpha value is -3.43. The quantitative estimate of drug-likeness (QED) is 0.700. The predicted octanol–water partition coefficient (Wildman–Crippen LogP) is 2.37. The van der Waals surface area contributed by atoms with Gasteiger partial charge in [0.25, 0.3) is 5.56 Å². The van der Waals surface area contributed by atoms with Crippen LogP contribution < -0.4 is 11.2 Å². The van der Waals surface area contributed by atoms with Crippen molar-refractivity contribution in [3.63, 3.8) is 0 Å². The number of aromatic nitrogens is 2. The second kappa shape index (κ2) is 8.79. The van der Waals surface area contributed by atoms with Crippen molar-refractivity contribution in [3.05, 3.63) is 104 Å². The molecule has 6 heteroatoms. The van der Waals surface area contributed by atoms with Gasteiger partial charge in [0, 0.05) is 5.69 Å². The highest BCUT2D eigenvalue weighted by molar-refractivity contribution is 5.32. The molecule has 0 atom stereocenters. The number of aromatic amines is 1. The third kappa shape index (κ3) is 4.60. The van der Waals surface area contributed by atoms with Crippen molar-refractivity contribution in [3.8, 4) is 6.07 Å². The van der Waals surface area contributed by atoms with Crippen molar-refractivity contribution >= 4 is 0 Å². The second-order valence-corrected chi connectivity index (χ2v) is 6.07. The molecule has 0 spiro atoms. The fourth-order valence-corrected chi connectivity index (χ4v) is 2.86. The van der Waals surface area contributed by atoms with Crippen LogP contribution in [0.4, 0.5) is 0 Å². The predicted molar refractivity (Wildman–Crippen MR) is 101 cm³/mol. The molecule has 0 aliphatic heterocycles. The molecule has 1 N–H and O–H groups in total. The summed E-state index contributed by atoms with van der Waals surface area (Å²) in [6.07, 6.45) is 0.998. The number of hydrogen-bond donors (Lipinski definition) is 1. The van der Waals surface area contributed by atoms with E-state index < -0.39 is 11.2 Å². The minimum Gasteiger partial charge on any atom is -0.356 e. The molecule has 0 aliphatic rings. The molecular formula is C21H19N3O3. The van der Waals surface area contributed by atoms with Crippen molar-refractivity contribution in [2.45, 2.75) is 26.2 Å². The molecule has 0 fully saturated rings. The van der Waals surface area contributed by atoms with Gasteiger partial charge in [0.1, 0.15) is 18.4 Å². The maximum Gasteiger partial charge on any atom is 0.330 e. The van der Waals surface area contributed by atoms with E-state index in [1.165, 1.54) is 4.57 Å². The van der Waals surface area contributed by atoms with E-state index in [0.29, 0.717) is 25.1 Å². The highest BCUT2D eigenvalue weighted by atomic mass is 16.5. The molecule has 27 heavy (non-hydrogen) atoms. The van der Waals surface area contributed by atoms with Crippen LogP contribution in [0, 0.1) is 11.3 Å². The Bertz CT molecular complexity index is 1050. The fourth-order valence-electron chi connectivity index (χ4n) is 2.86. The molecule has 1 aromatic heterocycles. The van der Waals surface area contributed by atoms with E-state index in [1.807, 2.05) is 66.7 Å². The van der Waals surface area contributed by atoms with Crippen molar-refractivity contribution in [1.29, 1.82) is 5.26 Å². The van der Waals surface area contributed by atoms with E-state index in [-0.39, 0.29) is 12.3 Å². The van der Waals surface area contributed by atoms with Crippen LogP contribution in [0.3, 0.4) is 0 Å². The Labute approximate surface area is 156 Å². The number of rotatable bonds is 7. The van der Waals surface area contributed by atoms with E-state index in [0.717, 1.165) is 11.1 Å². The minimum absolute atomic E-state index is 0.0384. The van der Waals surface area contributed by atoms with Gasteiger partial charge < -0.3 is 4.74 Å². The van der Waals surface area contributed by atoms with Crippen LogP contribution in [0.1, 0.15) is 22.4 Å². The average Bonchev–Trinajstić information content (AvgIpc) is 2.69. The third-order valence-electron chi connectivity index (χ3n) is 4.24. The van der Waals surface area contributed by atoms with E-state index in [9.17, 15) is 14.9 Å². The first kappa shape index (κ1) is 18.4. The number of nitrogens with zero attached hydrogens (tertiary/aromatic N) is 2. The van der Waals surface area contributed by atoms with Crippen molar-refractivity contribution < 1.29 is 4.74 Å². The lowest BCUT2D eigenvalue weighted by atomic mass is 10.1. The average molecular weight is 361 g/mol. The summed E-state index contributed by atoms with van der Waals surface area (Å²) in [5, 5.41) is 9.39. The Balaban J connectivity index is 1.84. The third-order valence-corrected chi connectivity index (χ3v) is 4.24. The largest absolute Gasteiger partial charge is 0.356 e. The molecule has 1 heterocycles. The lowest BCUT2D eigenvalue weighted by Crippen LogP contribution is -2.35. The second-order valence-electron chi connectivity index (χ2n) is 6.07. The van der Waals surface area contributed by atoms with Gasteiger partial charge in [0.05, 0.1) is 6.61 Å². The van der Waals surface area contributed by atoms with Gasteiger partial charge in [0.2, 0.25) is 0 Å². The first-order valence-electron chi connectivity index (χ1n) is 8.60. The van der Waals surface area contributed by atoms with Gasteiger partial charge in [0.15, 0.2) is 0 Å². The van der Waals surface area contributed by atoms with E-state index >= 15 is 0 Å². The Morgan fingerprint density at radius 2 is 1.56 bits per heavy atom. The number of nitriles is 1. The molecule has 3 rings (SSSR count). The molecule has 0 saturated carbocycles. The number of nitrogens with one attached hydrogen (secondary N) is 1. The first-order valence-corrected chi connectivity index (χ1v) is 8.60. The van der Waals surface area contributed by atoms with Crippen LogP contribution in [0.25, 0.3) is 0 Å². The number of hydrogen-bond acceptors (Lipinski definition) is 4. The number of H-pyrrole nitrogens is 1. The summed E-state index contributed by atoms with van der Waals surface area (Å²) in [6, 6.07) is 21.2. The summed E-state index contributed by atoms with van der Waals surface area (Å²) in [4.78, 5) is 26.5. The van der Waals surface area contributed by atoms with E-state index in [4.69, 9.17) is 4.74 Å². The summed E-state index contributed by atoms with van der Waals surface area (Å²) in [6.45, 7) is 0.287. The lowest BCUT2D eigenvalue weighted by molar-refractivity contribution is 0.0588. The van der Waals surface area contributed by atoms with Gasteiger partial charge in [-0.3, -0.25) is 14.3 Å². The maximum atomic E-state index is 12.3. The zero-order valence-corrected chi connectivity index (χ0v) is 14.7. The smallest absolute Gasteiger partial charge is 0.330 e. The molecule has 2 aromatic carbocycles. The van der Waals surface area contributed by atoms with Crippen LogP contribution in [0.2, 0.25) is 0 Å². The first-order chi connectivity index (χ1) is 13.2. The van der Waals surface area contributed by atoms with Crippen LogP contribution in [-0.2, 0) is 30.9 Å². The van der Waals surface area contributed by atoms with Crippen LogP contribution in [0.15, 0.2) is 70.3 Å². The van der Waals surface area contributed by atoms with E-state index in [2.05, 4.69) is 4.98 Å². The Morgan fingerprint density at radius 3 is 2.19 bits per heavy atom. The number of benzene rings is 2. The molecule has 0 saturated heterocycles.